The Balaban J connectivity index is 1.76. The Labute approximate surface area is 144 Å². The molecule has 1 heterocycles. The van der Waals surface area contributed by atoms with Crippen molar-refractivity contribution in [2.24, 2.45) is 5.92 Å². The summed E-state index contributed by atoms with van der Waals surface area (Å²) in [6, 6.07) is 6.07. The van der Waals surface area contributed by atoms with E-state index in [1.165, 1.54) is 0 Å². The summed E-state index contributed by atoms with van der Waals surface area (Å²) in [7, 11) is 3.56. The van der Waals surface area contributed by atoms with E-state index in [0.29, 0.717) is 26.1 Å². The molecule has 0 spiro atoms. The molecular formula is C19H28N2O3. The molecule has 1 aliphatic rings. The van der Waals surface area contributed by atoms with Crippen LogP contribution >= 0.6 is 0 Å². The van der Waals surface area contributed by atoms with Crippen LogP contribution in [0.2, 0.25) is 0 Å². The summed E-state index contributed by atoms with van der Waals surface area (Å²) in [6.45, 7) is 5.73. The van der Waals surface area contributed by atoms with Gasteiger partial charge in [0.2, 0.25) is 11.8 Å². The minimum absolute atomic E-state index is 0.0512. The maximum atomic E-state index is 12.3. The van der Waals surface area contributed by atoms with Gasteiger partial charge in [-0.1, -0.05) is 12.1 Å². The minimum Gasteiger partial charge on any atom is -0.493 e. The number of aryl methyl sites for hydroxylation is 2. The van der Waals surface area contributed by atoms with Crippen LogP contribution < -0.4 is 4.74 Å². The van der Waals surface area contributed by atoms with Gasteiger partial charge < -0.3 is 14.5 Å². The van der Waals surface area contributed by atoms with Crippen molar-refractivity contribution in [3.8, 4) is 5.75 Å². The van der Waals surface area contributed by atoms with Crippen LogP contribution in [0.1, 0.15) is 30.4 Å². The number of ether oxygens (including phenoxy) is 1. The topological polar surface area (TPSA) is 49.9 Å². The van der Waals surface area contributed by atoms with Crippen LogP contribution in [0.5, 0.6) is 5.75 Å². The van der Waals surface area contributed by atoms with E-state index in [1.807, 2.05) is 36.9 Å². The van der Waals surface area contributed by atoms with Gasteiger partial charge in [-0.15, -0.1) is 0 Å². The predicted molar refractivity (Wildman–Crippen MR) is 94.0 cm³/mol. The number of piperidine rings is 1. The zero-order valence-electron chi connectivity index (χ0n) is 15.2. The molecule has 0 aromatic heterocycles. The van der Waals surface area contributed by atoms with Crippen molar-refractivity contribution >= 4 is 11.8 Å². The lowest BCUT2D eigenvalue weighted by Gasteiger charge is -2.32. The second-order valence-electron chi connectivity index (χ2n) is 6.76. The summed E-state index contributed by atoms with van der Waals surface area (Å²) in [5.41, 5.74) is 2.23. The van der Waals surface area contributed by atoms with Crippen LogP contribution in [0.4, 0.5) is 0 Å². The fourth-order valence-corrected chi connectivity index (χ4v) is 3.01. The number of carbonyl (C=O) groups excluding carboxylic acids is 2. The predicted octanol–water partition coefficient (Wildman–Crippen LogP) is 2.40. The number of likely N-dealkylation sites (tertiary alicyclic amines) is 1. The first-order valence-corrected chi connectivity index (χ1v) is 8.57. The number of hydrogen-bond donors (Lipinski definition) is 0. The highest BCUT2D eigenvalue weighted by Crippen LogP contribution is 2.21. The summed E-state index contributed by atoms with van der Waals surface area (Å²) < 4.78 is 5.76. The van der Waals surface area contributed by atoms with Crippen molar-refractivity contribution in [3.63, 3.8) is 0 Å². The first kappa shape index (κ1) is 18.3. The third-order valence-corrected chi connectivity index (χ3v) is 4.55. The summed E-state index contributed by atoms with van der Waals surface area (Å²) in [5.74, 6) is 1.17. The van der Waals surface area contributed by atoms with Crippen LogP contribution in [0, 0.1) is 19.8 Å². The zero-order valence-corrected chi connectivity index (χ0v) is 15.2. The highest BCUT2D eigenvalue weighted by molar-refractivity contribution is 5.79. The van der Waals surface area contributed by atoms with Gasteiger partial charge in [0, 0.05) is 33.1 Å². The van der Waals surface area contributed by atoms with Crippen LogP contribution in [-0.2, 0) is 9.59 Å². The van der Waals surface area contributed by atoms with Crippen molar-refractivity contribution in [1.82, 2.24) is 9.80 Å². The Kier molecular flexibility index (Phi) is 6.23. The molecule has 132 valence electrons. The molecule has 1 aromatic rings. The fourth-order valence-electron chi connectivity index (χ4n) is 3.01. The van der Waals surface area contributed by atoms with Gasteiger partial charge in [-0.2, -0.15) is 0 Å². The van der Waals surface area contributed by atoms with E-state index in [4.69, 9.17) is 4.74 Å². The van der Waals surface area contributed by atoms with Gasteiger partial charge in [0.1, 0.15) is 5.75 Å². The van der Waals surface area contributed by atoms with Crippen molar-refractivity contribution in [1.29, 1.82) is 0 Å². The zero-order chi connectivity index (χ0) is 17.7. The number of amides is 2. The SMILES string of the molecule is Cc1ccc(C)c(OCCC(=O)N2CCC(C(=O)N(C)C)CC2)c1. The molecule has 5 heteroatoms. The molecule has 24 heavy (non-hydrogen) atoms. The van der Waals surface area contributed by atoms with Gasteiger partial charge in [-0.05, 0) is 43.9 Å². The first-order valence-electron chi connectivity index (χ1n) is 8.57. The van der Waals surface area contributed by atoms with Crippen molar-refractivity contribution in [2.75, 3.05) is 33.8 Å². The lowest BCUT2D eigenvalue weighted by atomic mass is 9.95. The maximum Gasteiger partial charge on any atom is 0.225 e. The average Bonchev–Trinajstić information content (AvgIpc) is 2.57. The molecule has 0 N–H and O–H groups in total. The molecule has 1 fully saturated rings. The molecule has 0 aliphatic carbocycles. The van der Waals surface area contributed by atoms with Crippen LogP contribution in [0.3, 0.4) is 0 Å². The fraction of sp³-hybridized carbons (Fsp3) is 0.579. The second kappa shape index (κ2) is 8.18. The lowest BCUT2D eigenvalue weighted by Crippen LogP contribution is -2.43. The maximum absolute atomic E-state index is 12.3. The van der Waals surface area contributed by atoms with Gasteiger partial charge in [0.25, 0.3) is 0 Å². The van der Waals surface area contributed by atoms with Gasteiger partial charge in [0.15, 0.2) is 0 Å². The Morgan fingerprint density at radius 3 is 2.50 bits per heavy atom. The van der Waals surface area contributed by atoms with E-state index >= 15 is 0 Å². The Bertz CT molecular complexity index is 590. The Morgan fingerprint density at radius 1 is 1.21 bits per heavy atom. The summed E-state index contributed by atoms with van der Waals surface area (Å²) in [6.07, 6.45) is 1.88. The Hall–Kier alpha value is -2.04. The summed E-state index contributed by atoms with van der Waals surface area (Å²) >= 11 is 0. The molecule has 1 aromatic carbocycles. The lowest BCUT2D eigenvalue weighted by molar-refractivity contribution is -0.139. The minimum atomic E-state index is 0.0512. The standard InChI is InChI=1S/C19H28N2O3/c1-14-5-6-15(2)17(13-14)24-12-9-18(22)21-10-7-16(8-11-21)19(23)20(3)4/h5-6,13,16H,7-12H2,1-4H3. The van der Waals surface area contributed by atoms with Crippen LogP contribution in [0.15, 0.2) is 18.2 Å². The average molecular weight is 332 g/mol. The van der Waals surface area contributed by atoms with E-state index < -0.39 is 0 Å². The Morgan fingerprint density at radius 2 is 1.88 bits per heavy atom. The smallest absolute Gasteiger partial charge is 0.225 e. The van der Waals surface area contributed by atoms with Gasteiger partial charge in [-0.3, -0.25) is 9.59 Å². The molecule has 1 aliphatic heterocycles. The van der Waals surface area contributed by atoms with Gasteiger partial charge >= 0.3 is 0 Å². The van der Waals surface area contributed by atoms with E-state index in [-0.39, 0.29) is 17.7 Å². The number of hydrogen-bond acceptors (Lipinski definition) is 3. The number of rotatable bonds is 5. The van der Waals surface area contributed by atoms with Gasteiger partial charge in [0.05, 0.1) is 13.0 Å². The molecule has 2 rings (SSSR count). The number of benzene rings is 1. The monoisotopic (exact) mass is 332 g/mol. The normalized spacial score (nSPS) is 15.2. The van der Waals surface area contributed by atoms with Crippen LogP contribution in [-0.4, -0.2) is 55.4 Å². The molecular weight excluding hydrogens is 304 g/mol. The van der Waals surface area contributed by atoms with Crippen molar-refractivity contribution in [2.45, 2.75) is 33.1 Å². The molecule has 0 saturated carbocycles. The first-order chi connectivity index (χ1) is 11.4. The highest BCUT2D eigenvalue weighted by Gasteiger charge is 2.27. The molecule has 0 unspecified atom stereocenters. The summed E-state index contributed by atoms with van der Waals surface area (Å²) in [5, 5.41) is 0. The molecule has 2 amide bonds. The van der Waals surface area contributed by atoms with Gasteiger partial charge in [-0.25, -0.2) is 0 Å². The van der Waals surface area contributed by atoms with Crippen LogP contribution in [0.25, 0.3) is 0 Å². The van der Waals surface area contributed by atoms with E-state index in [0.717, 1.165) is 29.7 Å². The van der Waals surface area contributed by atoms with Crippen molar-refractivity contribution in [3.05, 3.63) is 29.3 Å². The third kappa shape index (κ3) is 4.73. The van der Waals surface area contributed by atoms with E-state index in [1.54, 1.807) is 19.0 Å². The molecule has 0 bridgehead atoms. The quantitative estimate of drug-likeness (QED) is 0.832. The molecule has 0 radical (unpaired) electrons. The van der Waals surface area contributed by atoms with E-state index in [9.17, 15) is 9.59 Å². The molecule has 0 atom stereocenters. The highest BCUT2D eigenvalue weighted by atomic mass is 16.5. The molecule has 5 nitrogen and oxygen atoms in total. The molecule has 1 saturated heterocycles. The third-order valence-electron chi connectivity index (χ3n) is 4.55. The number of nitrogens with zero attached hydrogens (tertiary/aromatic N) is 2. The second-order valence-corrected chi connectivity index (χ2v) is 6.76. The van der Waals surface area contributed by atoms with E-state index in [2.05, 4.69) is 0 Å². The summed E-state index contributed by atoms with van der Waals surface area (Å²) in [4.78, 5) is 27.8. The number of carbonyl (C=O) groups is 2. The largest absolute Gasteiger partial charge is 0.493 e. The van der Waals surface area contributed by atoms with Crippen molar-refractivity contribution < 1.29 is 14.3 Å².